The van der Waals surface area contributed by atoms with Crippen molar-refractivity contribution in [2.45, 2.75) is 59.6 Å². The van der Waals surface area contributed by atoms with E-state index < -0.39 is 5.60 Å². The van der Waals surface area contributed by atoms with E-state index in [4.69, 9.17) is 20.2 Å². The lowest BCUT2D eigenvalue weighted by Crippen LogP contribution is -2.33. The van der Waals surface area contributed by atoms with Crippen LogP contribution in [0.5, 0.6) is 5.75 Å². The van der Waals surface area contributed by atoms with Gasteiger partial charge in [-0.2, -0.15) is 0 Å². The number of aryl methyl sites for hydroxylation is 2. The lowest BCUT2D eigenvalue weighted by atomic mass is 9.78. The third-order valence-electron chi connectivity index (χ3n) is 7.42. The number of rotatable bonds is 7. The number of hydrogen-bond donors (Lipinski definition) is 1. The van der Waals surface area contributed by atoms with Crippen LogP contribution in [0.25, 0.3) is 10.9 Å². The van der Waals surface area contributed by atoms with Crippen LogP contribution >= 0.6 is 0 Å². The molecule has 0 spiro atoms. The van der Waals surface area contributed by atoms with Crippen LogP contribution in [0.2, 0.25) is 0 Å². The average Bonchev–Trinajstić information content (AvgIpc) is 3.35. The second-order valence-corrected chi connectivity index (χ2v) is 9.14. The predicted octanol–water partition coefficient (Wildman–Crippen LogP) is 5.93. The summed E-state index contributed by atoms with van der Waals surface area (Å²) in [5.41, 5.74) is 12.9. The van der Waals surface area contributed by atoms with Crippen LogP contribution in [0.15, 0.2) is 48.7 Å². The Morgan fingerprint density at radius 1 is 1.08 bits per heavy atom. The van der Waals surface area contributed by atoms with E-state index in [1.807, 2.05) is 19.1 Å². The second kappa shape index (κ2) is 9.01. The van der Waals surface area contributed by atoms with Gasteiger partial charge >= 0.3 is 5.97 Å². The van der Waals surface area contributed by atoms with Gasteiger partial charge in [-0.15, -0.1) is 0 Å². The highest BCUT2D eigenvalue weighted by molar-refractivity contribution is 5.98. The number of esters is 1. The van der Waals surface area contributed by atoms with Gasteiger partial charge in [0.1, 0.15) is 11.4 Å². The van der Waals surface area contributed by atoms with Crippen molar-refractivity contribution < 1.29 is 14.3 Å². The molecule has 2 N–H and O–H groups in total. The Morgan fingerprint density at radius 2 is 1.86 bits per heavy atom. The molecule has 4 aromatic rings. The Hall–Kier alpha value is -3.80. The first-order valence-corrected chi connectivity index (χ1v) is 12.8. The fourth-order valence-electron chi connectivity index (χ4n) is 5.87. The zero-order valence-corrected chi connectivity index (χ0v) is 21.6. The Balaban J connectivity index is 2.02. The molecule has 0 saturated heterocycles. The molecule has 5 rings (SSSR count). The Morgan fingerprint density at radius 3 is 2.56 bits per heavy atom. The fraction of sp³-hybridized carbons (Fsp3) is 0.333. The number of hydrogen-bond acceptors (Lipinski definition) is 5. The molecule has 0 saturated carbocycles. The third-order valence-corrected chi connectivity index (χ3v) is 7.42. The summed E-state index contributed by atoms with van der Waals surface area (Å²) < 4.78 is 15.1. The van der Waals surface area contributed by atoms with E-state index in [-0.39, 0.29) is 5.97 Å². The van der Waals surface area contributed by atoms with Crippen molar-refractivity contribution in [3.05, 3.63) is 87.9 Å². The van der Waals surface area contributed by atoms with E-state index in [2.05, 4.69) is 50.5 Å². The van der Waals surface area contributed by atoms with Crippen LogP contribution in [-0.2, 0) is 29.7 Å². The Labute approximate surface area is 212 Å². The molecule has 2 aromatic carbocycles. The third kappa shape index (κ3) is 3.16. The first kappa shape index (κ1) is 23.9. The van der Waals surface area contributed by atoms with Crippen molar-refractivity contribution in [3.8, 4) is 5.75 Å². The Kier molecular flexibility index (Phi) is 5.99. The molecule has 186 valence electrons. The number of para-hydroxylation sites is 1. The number of aromatic nitrogens is 2. The molecule has 6 nitrogen and oxygen atoms in total. The molecule has 0 radical (unpaired) electrons. The van der Waals surface area contributed by atoms with E-state index in [1.165, 1.54) is 0 Å². The van der Waals surface area contributed by atoms with Gasteiger partial charge in [0.25, 0.3) is 0 Å². The molecule has 3 heterocycles. The summed E-state index contributed by atoms with van der Waals surface area (Å²) in [5, 5.41) is 1.03. The fourth-order valence-corrected chi connectivity index (χ4v) is 5.87. The highest BCUT2D eigenvalue weighted by atomic mass is 16.6. The molecule has 1 atom stereocenters. The van der Waals surface area contributed by atoms with Crippen LogP contribution in [-0.4, -0.2) is 22.1 Å². The molecule has 6 heteroatoms. The van der Waals surface area contributed by atoms with Crippen LogP contribution in [0.4, 0.5) is 5.69 Å². The maximum Gasteiger partial charge on any atom is 0.341 e. The van der Waals surface area contributed by atoms with Crippen molar-refractivity contribution >= 4 is 22.6 Å². The van der Waals surface area contributed by atoms with Crippen molar-refractivity contribution in [1.82, 2.24) is 9.55 Å². The van der Waals surface area contributed by atoms with Gasteiger partial charge in [0.2, 0.25) is 5.60 Å². The zero-order valence-electron chi connectivity index (χ0n) is 21.6. The smallest absolute Gasteiger partial charge is 0.341 e. The van der Waals surface area contributed by atoms with Crippen molar-refractivity contribution in [2.24, 2.45) is 0 Å². The maximum absolute atomic E-state index is 13.5. The van der Waals surface area contributed by atoms with Gasteiger partial charge in [-0.25, -0.2) is 4.79 Å². The number of cyclic esters (lactones) is 1. The van der Waals surface area contributed by atoms with Gasteiger partial charge in [0.15, 0.2) is 0 Å². The molecule has 2 aromatic heterocycles. The molecule has 1 aliphatic heterocycles. The van der Waals surface area contributed by atoms with Gasteiger partial charge in [0.05, 0.1) is 12.2 Å². The average molecular weight is 484 g/mol. The summed E-state index contributed by atoms with van der Waals surface area (Å²) in [5.74, 6) is 0.287. The number of anilines is 1. The van der Waals surface area contributed by atoms with Crippen molar-refractivity contribution in [2.75, 3.05) is 12.3 Å². The topological polar surface area (TPSA) is 79.4 Å². The molecule has 0 amide bonds. The van der Waals surface area contributed by atoms with Gasteiger partial charge in [-0.05, 0) is 63.4 Å². The van der Waals surface area contributed by atoms with Crippen molar-refractivity contribution in [1.29, 1.82) is 0 Å². The van der Waals surface area contributed by atoms with Gasteiger partial charge in [0, 0.05) is 51.7 Å². The molecule has 36 heavy (non-hydrogen) atoms. The summed E-state index contributed by atoms with van der Waals surface area (Å²) in [6.45, 7) is 11.6. The monoisotopic (exact) mass is 483 g/mol. The molecule has 0 aliphatic carbocycles. The largest absolute Gasteiger partial charge is 0.493 e. The number of nitrogens with two attached hydrogens (primary N) is 1. The number of pyridine rings is 1. The van der Waals surface area contributed by atoms with E-state index in [9.17, 15) is 4.79 Å². The normalized spacial score (nSPS) is 16.9. The van der Waals surface area contributed by atoms with Gasteiger partial charge in [-0.3, -0.25) is 4.98 Å². The predicted molar refractivity (Wildman–Crippen MR) is 143 cm³/mol. The minimum absolute atomic E-state index is 0.388. The summed E-state index contributed by atoms with van der Waals surface area (Å²) in [7, 11) is 0. The summed E-state index contributed by atoms with van der Waals surface area (Å²) in [6.07, 6.45) is 3.16. The van der Waals surface area contributed by atoms with E-state index in [0.717, 1.165) is 57.5 Å². The lowest BCUT2D eigenvalue weighted by Gasteiger charge is -2.33. The zero-order chi connectivity index (χ0) is 25.6. The minimum atomic E-state index is -1.27. The highest BCUT2D eigenvalue weighted by Gasteiger charge is 2.54. The van der Waals surface area contributed by atoms with Crippen LogP contribution in [0.1, 0.15) is 71.7 Å². The highest BCUT2D eigenvalue weighted by Crippen LogP contribution is 2.54. The molecule has 0 fully saturated rings. The van der Waals surface area contributed by atoms with Crippen LogP contribution in [0, 0.1) is 6.92 Å². The van der Waals surface area contributed by atoms with Crippen LogP contribution in [0.3, 0.4) is 0 Å². The summed E-state index contributed by atoms with van der Waals surface area (Å²) >= 11 is 0. The molecular formula is C30H33N3O3. The molecule has 1 unspecified atom stereocenters. The lowest BCUT2D eigenvalue weighted by molar-refractivity contribution is 0.0237. The number of carbonyl (C=O) groups is 1. The Bertz CT molecular complexity index is 1490. The van der Waals surface area contributed by atoms with Crippen molar-refractivity contribution in [3.63, 3.8) is 0 Å². The van der Waals surface area contributed by atoms with Crippen LogP contribution < -0.4 is 10.5 Å². The SMILES string of the molecule is CCOc1c(C2(c3c(C)n(CC)c4ccccc34)OC(=O)c3cccnc32)cc(CC)c(N)c1CC. The van der Waals surface area contributed by atoms with Gasteiger partial charge in [-0.1, -0.05) is 32.0 Å². The number of carbonyl (C=O) groups excluding carboxylic acids is 1. The number of fused-ring (bicyclic) bond motifs is 2. The van der Waals surface area contributed by atoms with E-state index in [1.54, 1.807) is 18.3 Å². The second-order valence-electron chi connectivity index (χ2n) is 9.14. The maximum atomic E-state index is 13.5. The quantitative estimate of drug-likeness (QED) is 0.260. The first-order valence-electron chi connectivity index (χ1n) is 12.8. The minimum Gasteiger partial charge on any atom is -0.493 e. The number of nitrogens with zero attached hydrogens (tertiary/aromatic N) is 2. The first-order chi connectivity index (χ1) is 17.4. The number of benzene rings is 2. The number of ether oxygens (including phenoxy) is 2. The number of nitrogen functional groups attached to an aromatic ring is 1. The molecular weight excluding hydrogens is 450 g/mol. The standard InChI is InChI=1S/C30H33N3O3/c1-6-19-17-23(27(35-9-4)20(7-2)26(19)31)30(28-22(29(34)36-30)14-12-16-32-28)25-18(5)33(8-3)24-15-11-10-13-21(24)25/h10-17H,6-9,31H2,1-5H3. The molecule has 1 aliphatic rings. The van der Waals surface area contributed by atoms with E-state index in [0.29, 0.717) is 30.0 Å². The van der Waals surface area contributed by atoms with E-state index >= 15 is 0 Å². The van der Waals surface area contributed by atoms with Gasteiger partial charge < -0.3 is 19.8 Å². The summed E-state index contributed by atoms with van der Waals surface area (Å²) in [6, 6.07) is 13.9. The summed E-state index contributed by atoms with van der Waals surface area (Å²) in [4.78, 5) is 18.3. The molecule has 0 bridgehead atoms.